The lowest BCUT2D eigenvalue weighted by atomic mass is 9.76. The average molecular weight is 718 g/mol. The van der Waals surface area contributed by atoms with Crippen molar-refractivity contribution in [2.45, 2.75) is 185 Å². The highest BCUT2D eigenvalue weighted by molar-refractivity contribution is 5.73. The Morgan fingerprint density at radius 1 is 0.920 bits per heavy atom. The van der Waals surface area contributed by atoms with Gasteiger partial charge in [-0.15, -0.1) is 0 Å². The maximum absolute atomic E-state index is 14.1. The first-order valence-electron chi connectivity index (χ1n) is 18.6. The van der Waals surface area contributed by atoms with Gasteiger partial charge in [0.2, 0.25) is 0 Å². The molecule has 0 aromatic heterocycles. The van der Waals surface area contributed by atoms with E-state index in [1.807, 2.05) is 60.5 Å². The molecule has 2 bridgehead atoms. The van der Waals surface area contributed by atoms with E-state index in [0.717, 1.165) is 0 Å². The molecule has 0 radical (unpaired) electrons. The molecular formula is C37H67NO12. The zero-order valence-corrected chi connectivity index (χ0v) is 32.6. The molecule has 0 saturated carbocycles. The van der Waals surface area contributed by atoms with Gasteiger partial charge in [0.1, 0.15) is 18.3 Å². The van der Waals surface area contributed by atoms with Crippen molar-refractivity contribution in [1.82, 2.24) is 4.90 Å². The lowest BCUT2D eigenvalue weighted by molar-refractivity contribution is -0.335. The van der Waals surface area contributed by atoms with Crippen molar-refractivity contribution in [2.75, 3.05) is 21.2 Å². The standard InChI is InChI=1S/C37H67NO12/c1-14-26-34(8,42)16-19(2)37(43)20(3)17-36(10,50-37)31(49-33-28(39)25(38(11)12)15-21(4)45-33)22(5)29(23(6)32(41)47-26)48-27-18-35(9,44-13)30(40)24(7)46-27/h19-31,33,39-40,42-43H,14-18H2,1-13H3/t19?,20-,21-,22+,23-,24+,25+,26-,27+,28-,29+,30+,31-,33?,34+,35-,36?,37?/m1/s1. The number of carbonyl (C=O) groups is 1. The lowest BCUT2D eigenvalue weighted by Gasteiger charge is -2.49. The van der Waals surface area contributed by atoms with Crippen molar-refractivity contribution in [3.05, 3.63) is 0 Å². The zero-order valence-electron chi connectivity index (χ0n) is 32.6. The molecule has 4 unspecified atom stereocenters. The van der Waals surface area contributed by atoms with E-state index in [1.165, 1.54) is 7.11 Å². The van der Waals surface area contributed by atoms with Crippen LogP contribution in [0.15, 0.2) is 0 Å². The number of methoxy groups -OCH3 is 1. The number of ether oxygens (including phenoxy) is 7. The molecule has 0 aromatic carbocycles. The predicted octanol–water partition coefficient (Wildman–Crippen LogP) is 2.97. The number of rotatable bonds is 7. The fraction of sp³-hybridized carbons (Fsp3) is 0.973. The first kappa shape index (κ1) is 41.8. The molecule has 13 nitrogen and oxygen atoms in total. The lowest BCUT2D eigenvalue weighted by Crippen LogP contribution is -2.60. The molecule has 4 aliphatic rings. The van der Waals surface area contributed by atoms with Gasteiger partial charge in [-0.3, -0.25) is 4.79 Å². The monoisotopic (exact) mass is 717 g/mol. The van der Waals surface area contributed by atoms with Crippen LogP contribution in [0.25, 0.3) is 0 Å². The summed E-state index contributed by atoms with van der Waals surface area (Å²) in [6.45, 7) is 18.2. The van der Waals surface area contributed by atoms with Crippen molar-refractivity contribution >= 4 is 5.97 Å². The van der Waals surface area contributed by atoms with Crippen LogP contribution in [0.3, 0.4) is 0 Å². The highest BCUT2D eigenvalue weighted by Gasteiger charge is 2.61. The maximum atomic E-state index is 14.1. The summed E-state index contributed by atoms with van der Waals surface area (Å²) < 4.78 is 44.6. The van der Waals surface area contributed by atoms with Gasteiger partial charge in [-0.05, 0) is 81.3 Å². The number of hydrogen-bond acceptors (Lipinski definition) is 13. The van der Waals surface area contributed by atoms with Crippen LogP contribution in [0.2, 0.25) is 0 Å². The molecule has 292 valence electrons. The molecular weight excluding hydrogens is 650 g/mol. The van der Waals surface area contributed by atoms with Crippen LogP contribution in [0.1, 0.15) is 101 Å². The van der Waals surface area contributed by atoms with E-state index >= 15 is 0 Å². The van der Waals surface area contributed by atoms with Crippen molar-refractivity contribution in [1.29, 1.82) is 0 Å². The molecule has 4 heterocycles. The van der Waals surface area contributed by atoms with Crippen LogP contribution in [0.4, 0.5) is 0 Å². The van der Waals surface area contributed by atoms with E-state index in [1.54, 1.807) is 27.7 Å². The first-order valence-corrected chi connectivity index (χ1v) is 18.6. The molecule has 0 amide bonds. The molecule has 0 spiro atoms. The van der Waals surface area contributed by atoms with Gasteiger partial charge in [-0.1, -0.05) is 27.7 Å². The fourth-order valence-corrected chi connectivity index (χ4v) is 9.22. The Morgan fingerprint density at radius 3 is 2.12 bits per heavy atom. The normalized spacial score (nSPS) is 52.6. The molecule has 0 aliphatic carbocycles. The molecule has 4 aliphatic heterocycles. The number of hydrogen-bond donors (Lipinski definition) is 4. The van der Waals surface area contributed by atoms with Crippen molar-refractivity contribution < 1.29 is 58.4 Å². The summed E-state index contributed by atoms with van der Waals surface area (Å²) in [5, 5.41) is 46.5. The smallest absolute Gasteiger partial charge is 0.311 e. The second kappa shape index (κ2) is 15.4. The summed E-state index contributed by atoms with van der Waals surface area (Å²) in [6, 6.07) is -0.244. The predicted molar refractivity (Wildman–Crippen MR) is 184 cm³/mol. The summed E-state index contributed by atoms with van der Waals surface area (Å²) in [7, 11) is 5.33. The molecule has 4 rings (SSSR count). The quantitative estimate of drug-likeness (QED) is 0.285. The third kappa shape index (κ3) is 8.08. The third-order valence-corrected chi connectivity index (χ3v) is 12.4. The first-order chi connectivity index (χ1) is 23.0. The fourth-order valence-electron chi connectivity index (χ4n) is 9.22. The van der Waals surface area contributed by atoms with Crippen LogP contribution in [-0.4, -0.2) is 136 Å². The summed E-state index contributed by atoms with van der Waals surface area (Å²) in [5.41, 5.74) is -3.63. The molecule has 18 atom stereocenters. The summed E-state index contributed by atoms with van der Waals surface area (Å²) in [6.07, 6.45) is -5.82. The second-order valence-corrected chi connectivity index (χ2v) is 16.9. The number of cyclic esters (lactones) is 1. The minimum absolute atomic E-state index is 0.100. The third-order valence-electron chi connectivity index (χ3n) is 12.4. The highest BCUT2D eigenvalue weighted by Crippen LogP contribution is 2.52. The van der Waals surface area contributed by atoms with E-state index < -0.39 is 95.5 Å². The van der Waals surface area contributed by atoms with Gasteiger partial charge in [0.25, 0.3) is 0 Å². The van der Waals surface area contributed by atoms with Gasteiger partial charge in [-0.2, -0.15) is 0 Å². The number of carbonyl (C=O) groups excluding carboxylic acids is 1. The van der Waals surface area contributed by atoms with Crippen molar-refractivity contribution in [3.8, 4) is 0 Å². The summed E-state index contributed by atoms with van der Waals surface area (Å²) >= 11 is 0. The van der Waals surface area contributed by atoms with Crippen LogP contribution >= 0.6 is 0 Å². The van der Waals surface area contributed by atoms with Gasteiger partial charge in [-0.25, -0.2) is 0 Å². The Balaban J connectivity index is 1.84. The van der Waals surface area contributed by atoms with Crippen molar-refractivity contribution in [2.24, 2.45) is 23.7 Å². The number of likely N-dealkylation sites (N-methyl/N-ethyl adjacent to an activating group) is 1. The Hall–Kier alpha value is -0.970. The molecule has 0 aromatic rings. The van der Waals surface area contributed by atoms with Gasteiger partial charge < -0.3 is 58.5 Å². The second-order valence-electron chi connectivity index (χ2n) is 16.9. The van der Waals surface area contributed by atoms with Crippen LogP contribution < -0.4 is 0 Å². The van der Waals surface area contributed by atoms with Crippen LogP contribution in [0, 0.1) is 23.7 Å². The Labute approximate surface area is 299 Å². The van der Waals surface area contributed by atoms with E-state index in [2.05, 4.69) is 0 Å². The maximum Gasteiger partial charge on any atom is 0.311 e. The highest BCUT2D eigenvalue weighted by atomic mass is 16.7. The van der Waals surface area contributed by atoms with Gasteiger partial charge in [0.05, 0.1) is 47.1 Å². The van der Waals surface area contributed by atoms with Gasteiger partial charge in [0, 0.05) is 37.3 Å². The number of esters is 1. The zero-order chi connectivity index (χ0) is 37.7. The topological polar surface area (TPSA) is 166 Å². The Kier molecular flexibility index (Phi) is 12.9. The summed E-state index contributed by atoms with van der Waals surface area (Å²) in [5.74, 6) is -4.71. The molecule has 4 fully saturated rings. The van der Waals surface area contributed by atoms with Gasteiger partial charge >= 0.3 is 5.97 Å². The Bertz CT molecular complexity index is 1160. The van der Waals surface area contributed by atoms with Crippen molar-refractivity contribution in [3.63, 3.8) is 0 Å². The van der Waals surface area contributed by atoms with E-state index in [0.29, 0.717) is 19.3 Å². The SMILES string of the molecule is CC[C@H]1OC(=O)[C@H](C)[C@@H](O[C@H]2C[C@@](C)(OC)[C@@H](O)[C@H](C)O2)[C@H](C)[C@@H](OC2O[C@H](C)C[C@H](N(C)C)[C@H]2O)C2(C)C[C@@H](C)C(O)(O2)C(C)C[C@]1(C)O. The number of nitrogens with zero attached hydrogens (tertiary/aromatic N) is 1. The molecule has 4 saturated heterocycles. The minimum atomic E-state index is -1.66. The van der Waals surface area contributed by atoms with Crippen LogP contribution in [0.5, 0.6) is 0 Å². The van der Waals surface area contributed by atoms with Crippen LogP contribution in [-0.2, 0) is 38.0 Å². The Morgan fingerprint density at radius 2 is 1.54 bits per heavy atom. The summed E-state index contributed by atoms with van der Waals surface area (Å²) in [4.78, 5) is 16.1. The number of fused-ring (bicyclic) bond motifs is 2. The van der Waals surface area contributed by atoms with Gasteiger partial charge in [0.15, 0.2) is 18.4 Å². The minimum Gasteiger partial charge on any atom is -0.459 e. The van der Waals surface area contributed by atoms with E-state index in [9.17, 15) is 25.2 Å². The average Bonchev–Trinajstić information content (AvgIpc) is 3.28. The molecule has 13 heteroatoms. The molecule has 50 heavy (non-hydrogen) atoms. The van der Waals surface area contributed by atoms with E-state index in [-0.39, 0.29) is 30.9 Å². The van der Waals surface area contributed by atoms with E-state index in [4.69, 9.17) is 33.2 Å². The molecule has 4 N–H and O–H groups in total. The number of aliphatic hydroxyl groups excluding tert-OH is 2. The number of aliphatic hydroxyl groups is 4. The largest absolute Gasteiger partial charge is 0.459 e.